The van der Waals surface area contributed by atoms with E-state index in [1.54, 1.807) is 17.8 Å². The quantitative estimate of drug-likeness (QED) is 0.611. The number of hydrogen-bond acceptors (Lipinski definition) is 4. The van der Waals surface area contributed by atoms with E-state index in [0.717, 1.165) is 16.6 Å². The highest BCUT2D eigenvalue weighted by Gasteiger charge is 2.15. The average Bonchev–Trinajstić information content (AvgIpc) is 3.14. The van der Waals surface area contributed by atoms with E-state index in [2.05, 4.69) is 25.9 Å². The van der Waals surface area contributed by atoms with Crippen LogP contribution in [0.15, 0.2) is 36.4 Å². The Bertz CT molecular complexity index is 939. The van der Waals surface area contributed by atoms with Gasteiger partial charge in [0.05, 0.1) is 17.6 Å². The molecule has 3 N–H and O–H groups in total. The minimum Gasteiger partial charge on any atom is -0.343 e. The number of aryl methyl sites for hydroxylation is 2. The Hall–Kier alpha value is -3.42. The first-order valence-corrected chi connectivity index (χ1v) is 7.73. The van der Waals surface area contributed by atoms with Crippen LogP contribution in [0.3, 0.4) is 0 Å². The minimum atomic E-state index is -0.352. The molecule has 1 aromatic carbocycles. The van der Waals surface area contributed by atoms with Gasteiger partial charge in [0, 0.05) is 13.1 Å². The highest BCUT2D eigenvalue weighted by Crippen LogP contribution is 2.22. The molecule has 3 rings (SSSR count). The molecule has 8 heteroatoms. The van der Waals surface area contributed by atoms with Crippen LogP contribution in [0.25, 0.3) is 17.1 Å². The zero-order valence-electron chi connectivity index (χ0n) is 13.9. The fraction of sp³-hybridized carbons (Fsp3) is 0.176. The number of carbonyl (C=O) groups excluding carboxylic acids is 2. The van der Waals surface area contributed by atoms with Gasteiger partial charge in [0.2, 0.25) is 11.8 Å². The number of fused-ring (bicyclic) bond motifs is 1. The lowest BCUT2D eigenvalue weighted by molar-refractivity contribution is -0.121. The summed E-state index contributed by atoms with van der Waals surface area (Å²) in [6.45, 7) is 1.70. The summed E-state index contributed by atoms with van der Waals surface area (Å²) in [6, 6.07) is 9.44. The number of nitrogens with one attached hydrogen (secondary N) is 3. The molecule has 0 fully saturated rings. The van der Waals surface area contributed by atoms with Crippen molar-refractivity contribution in [3.05, 3.63) is 47.7 Å². The number of aromatic amines is 1. The van der Waals surface area contributed by atoms with Crippen LogP contribution in [0.5, 0.6) is 0 Å². The van der Waals surface area contributed by atoms with Crippen LogP contribution in [0.4, 0.5) is 5.82 Å². The van der Waals surface area contributed by atoms with Crippen LogP contribution >= 0.6 is 0 Å². The largest absolute Gasteiger partial charge is 0.343 e. The standard InChI is InChI=1S/C17H18N6O2/c1-11-15-16(20-21-17(15)23(2)22-11)19-14(25)10-18-13(24)9-8-12-6-4-3-5-7-12/h3-9H,10H2,1-2H3,(H,18,24)(H2,19,20,21,25)/b9-8+. The number of H-pyrrole nitrogens is 1. The normalized spacial score (nSPS) is 11.1. The second-order valence-electron chi connectivity index (χ2n) is 5.52. The summed E-state index contributed by atoms with van der Waals surface area (Å²) in [6.07, 6.45) is 3.08. The molecule has 128 valence electrons. The lowest BCUT2D eigenvalue weighted by Crippen LogP contribution is -2.31. The maximum absolute atomic E-state index is 12.0. The van der Waals surface area contributed by atoms with E-state index in [9.17, 15) is 9.59 Å². The lowest BCUT2D eigenvalue weighted by Gasteiger charge is -2.03. The van der Waals surface area contributed by atoms with Gasteiger partial charge in [-0.15, -0.1) is 0 Å². The van der Waals surface area contributed by atoms with Crippen LogP contribution in [0.1, 0.15) is 11.3 Å². The molecule has 25 heavy (non-hydrogen) atoms. The predicted octanol–water partition coefficient (Wildman–Crippen LogP) is 1.37. The number of amides is 2. The molecule has 8 nitrogen and oxygen atoms in total. The Morgan fingerprint density at radius 1 is 1.28 bits per heavy atom. The Balaban J connectivity index is 1.55. The molecule has 3 aromatic rings. The zero-order valence-corrected chi connectivity index (χ0v) is 13.9. The Labute approximate surface area is 143 Å². The fourth-order valence-corrected chi connectivity index (χ4v) is 2.47. The van der Waals surface area contributed by atoms with Crippen LogP contribution < -0.4 is 10.6 Å². The number of hydrogen-bond donors (Lipinski definition) is 3. The summed E-state index contributed by atoms with van der Waals surface area (Å²) < 4.78 is 1.63. The number of nitrogens with zero attached hydrogens (tertiary/aromatic N) is 3. The Morgan fingerprint density at radius 2 is 2.04 bits per heavy atom. The third-order valence-electron chi connectivity index (χ3n) is 3.63. The second kappa shape index (κ2) is 7.00. The topological polar surface area (TPSA) is 105 Å². The molecule has 0 saturated carbocycles. The van der Waals surface area contributed by atoms with E-state index in [1.165, 1.54) is 6.08 Å². The van der Waals surface area contributed by atoms with Gasteiger partial charge in [-0.05, 0) is 18.6 Å². The predicted molar refractivity (Wildman–Crippen MR) is 94.7 cm³/mol. The Morgan fingerprint density at radius 3 is 2.80 bits per heavy atom. The molecule has 2 heterocycles. The van der Waals surface area contributed by atoms with Crippen molar-refractivity contribution in [3.8, 4) is 0 Å². The third kappa shape index (κ3) is 3.74. The van der Waals surface area contributed by atoms with Crippen LogP contribution in [-0.4, -0.2) is 38.3 Å². The summed E-state index contributed by atoms with van der Waals surface area (Å²) in [5, 5.41) is 17.1. The number of benzene rings is 1. The lowest BCUT2D eigenvalue weighted by atomic mass is 10.2. The third-order valence-corrected chi connectivity index (χ3v) is 3.63. The van der Waals surface area contributed by atoms with Crippen molar-refractivity contribution in [3.63, 3.8) is 0 Å². The number of aromatic nitrogens is 4. The van der Waals surface area contributed by atoms with E-state index in [-0.39, 0.29) is 18.4 Å². The Kier molecular flexibility index (Phi) is 4.60. The molecule has 0 aliphatic rings. The number of rotatable bonds is 5. The molecule has 0 aliphatic carbocycles. The summed E-state index contributed by atoms with van der Waals surface area (Å²) in [7, 11) is 1.78. The zero-order chi connectivity index (χ0) is 17.8. The first-order valence-electron chi connectivity index (χ1n) is 7.73. The van der Waals surface area contributed by atoms with Gasteiger partial charge in [0.15, 0.2) is 5.65 Å². The van der Waals surface area contributed by atoms with Gasteiger partial charge in [-0.1, -0.05) is 30.3 Å². The molecular formula is C17H18N6O2. The van der Waals surface area contributed by atoms with Crippen LogP contribution in [0.2, 0.25) is 0 Å². The maximum Gasteiger partial charge on any atom is 0.244 e. The van der Waals surface area contributed by atoms with Gasteiger partial charge in [-0.3, -0.25) is 14.7 Å². The summed E-state index contributed by atoms with van der Waals surface area (Å²) in [4.78, 5) is 23.8. The van der Waals surface area contributed by atoms with Crippen LogP contribution in [-0.2, 0) is 16.6 Å². The summed E-state index contributed by atoms with van der Waals surface area (Å²) >= 11 is 0. The van der Waals surface area contributed by atoms with E-state index >= 15 is 0 Å². The maximum atomic E-state index is 12.0. The van der Waals surface area contributed by atoms with Gasteiger partial charge < -0.3 is 10.6 Å². The van der Waals surface area contributed by atoms with E-state index in [1.807, 2.05) is 37.3 Å². The van der Waals surface area contributed by atoms with Crippen molar-refractivity contribution in [1.29, 1.82) is 0 Å². The molecule has 0 bridgehead atoms. The van der Waals surface area contributed by atoms with Gasteiger partial charge in [0.25, 0.3) is 0 Å². The molecular weight excluding hydrogens is 320 g/mol. The van der Waals surface area contributed by atoms with Crippen molar-refractivity contribution in [2.24, 2.45) is 7.05 Å². The molecule has 0 unspecified atom stereocenters. The summed E-state index contributed by atoms with van der Waals surface area (Å²) in [5.74, 6) is -0.221. The van der Waals surface area contributed by atoms with E-state index in [4.69, 9.17) is 0 Å². The molecule has 0 radical (unpaired) electrons. The first kappa shape index (κ1) is 16.4. The molecule has 0 spiro atoms. The number of carbonyl (C=O) groups is 2. The van der Waals surface area contributed by atoms with Crippen molar-refractivity contribution < 1.29 is 9.59 Å². The second-order valence-corrected chi connectivity index (χ2v) is 5.52. The van der Waals surface area contributed by atoms with Gasteiger partial charge in [-0.2, -0.15) is 10.2 Å². The van der Waals surface area contributed by atoms with Crippen molar-refractivity contribution in [2.45, 2.75) is 6.92 Å². The van der Waals surface area contributed by atoms with Gasteiger partial charge in [-0.25, -0.2) is 4.68 Å². The highest BCUT2D eigenvalue weighted by atomic mass is 16.2. The average molecular weight is 338 g/mol. The molecule has 2 amide bonds. The van der Waals surface area contributed by atoms with Crippen molar-refractivity contribution in [1.82, 2.24) is 25.3 Å². The molecule has 0 aliphatic heterocycles. The van der Waals surface area contributed by atoms with Crippen LogP contribution in [0, 0.1) is 6.92 Å². The first-order chi connectivity index (χ1) is 12.0. The van der Waals surface area contributed by atoms with Crippen molar-refractivity contribution >= 4 is 34.7 Å². The number of anilines is 1. The van der Waals surface area contributed by atoms with Gasteiger partial charge in [0.1, 0.15) is 5.82 Å². The van der Waals surface area contributed by atoms with E-state index < -0.39 is 0 Å². The minimum absolute atomic E-state index is 0.141. The smallest absolute Gasteiger partial charge is 0.244 e. The molecule has 2 aromatic heterocycles. The monoisotopic (exact) mass is 338 g/mol. The SMILES string of the molecule is Cc1nn(C)c2n[nH]c(NC(=O)CNC(=O)/C=C/c3ccccc3)c12. The van der Waals surface area contributed by atoms with E-state index in [0.29, 0.717) is 11.5 Å². The van der Waals surface area contributed by atoms with Gasteiger partial charge >= 0.3 is 0 Å². The molecule has 0 atom stereocenters. The molecule has 0 saturated heterocycles. The summed E-state index contributed by atoms with van der Waals surface area (Å²) in [5.41, 5.74) is 2.33. The van der Waals surface area contributed by atoms with Crippen molar-refractivity contribution in [2.75, 3.05) is 11.9 Å². The highest BCUT2D eigenvalue weighted by molar-refractivity contribution is 6.02. The fourth-order valence-electron chi connectivity index (χ4n) is 2.47.